The largest absolute Gasteiger partial charge is 0.200 e. The topological polar surface area (TPSA) is 38.1 Å². The van der Waals surface area contributed by atoms with Gasteiger partial charge in [0.25, 0.3) is 0 Å². The van der Waals surface area contributed by atoms with Gasteiger partial charge in [0, 0.05) is 12.4 Å². The van der Waals surface area contributed by atoms with E-state index >= 15 is 0 Å². The van der Waals surface area contributed by atoms with Crippen LogP contribution in [0.2, 0.25) is 0 Å². The van der Waals surface area contributed by atoms with E-state index in [9.17, 15) is 0 Å². The van der Waals surface area contributed by atoms with Crippen molar-refractivity contribution in [3.05, 3.63) is 5.38 Å². The van der Waals surface area contributed by atoms with E-state index in [0.29, 0.717) is 5.82 Å². The average Bonchev–Trinajstić information content (AvgIpc) is 2.14. The zero-order valence-electron chi connectivity index (χ0n) is 3.24. The maximum Gasteiger partial charge on any atom is 0.200 e. The second-order valence-electron chi connectivity index (χ2n) is 0.854. The Balaban J connectivity index is 2.96. The van der Waals surface area contributed by atoms with Crippen molar-refractivity contribution in [1.29, 1.82) is 0 Å². The van der Waals surface area contributed by atoms with Crippen LogP contribution in [0, 0.1) is 0 Å². The monoisotopic (exact) mass is 131 g/mol. The molecule has 0 aliphatic heterocycles. The molecular formula is C2HN3S2. The summed E-state index contributed by atoms with van der Waals surface area (Å²) in [4.78, 5) is 0. The molecule has 0 saturated heterocycles. The first kappa shape index (κ1) is 4.73. The van der Waals surface area contributed by atoms with Crippen molar-refractivity contribution in [2.45, 2.75) is 0 Å². The summed E-state index contributed by atoms with van der Waals surface area (Å²) in [5, 5.41) is 5.22. The van der Waals surface area contributed by atoms with Gasteiger partial charge in [-0.15, -0.1) is 5.10 Å². The van der Waals surface area contributed by atoms with E-state index in [2.05, 4.69) is 26.4 Å². The van der Waals surface area contributed by atoms with Gasteiger partial charge in [0.1, 0.15) is 0 Å². The van der Waals surface area contributed by atoms with E-state index in [1.165, 1.54) is 11.5 Å². The summed E-state index contributed by atoms with van der Waals surface area (Å²) in [6.45, 7) is 0. The van der Waals surface area contributed by atoms with Gasteiger partial charge in [0.05, 0.1) is 5.38 Å². The lowest BCUT2D eigenvalue weighted by atomic mass is 10.9. The summed E-state index contributed by atoms with van der Waals surface area (Å²) >= 11 is 5.54. The quantitative estimate of drug-likeness (QED) is 0.568. The van der Waals surface area contributed by atoms with Gasteiger partial charge < -0.3 is 0 Å². The lowest BCUT2D eigenvalue weighted by Crippen LogP contribution is -1.58. The molecule has 3 nitrogen and oxygen atoms in total. The van der Waals surface area contributed by atoms with E-state index in [4.69, 9.17) is 0 Å². The first-order valence-electron chi connectivity index (χ1n) is 1.54. The number of rotatable bonds is 1. The fourth-order valence-electron chi connectivity index (χ4n) is 0.199. The highest BCUT2D eigenvalue weighted by molar-refractivity contribution is 7.47. The van der Waals surface area contributed by atoms with Crippen LogP contribution in [0.15, 0.2) is 9.74 Å². The van der Waals surface area contributed by atoms with Crippen LogP contribution >= 0.6 is 11.5 Å². The summed E-state index contributed by atoms with van der Waals surface area (Å²) in [5.74, 6) is 0.528. The van der Waals surface area contributed by atoms with Crippen LogP contribution in [-0.2, 0) is 12.4 Å². The van der Waals surface area contributed by atoms with Crippen molar-refractivity contribution in [2.75, 3.05) is 0 Å². The van der Waals surface area contributed by atoms with Crippen LogP contribution in [0.3, 0.4) is 0 Å². The molecule has 0 fully saturated rings. The molecule has 0 saturated carbocycles. The molecule has 0 radical (unpaired) electrons. The van der Waals surface area contributed by atoms with Crippen molar-refractivity contribution in [3.63, 3.8) is 0 Å². The summed E-state index contributed by atoms with van der Waals surface area (Å²) < 4.78 is 6.87. The van der Waals surface area contributed by atoms with Gasteiger partial charge in [-0.25, -0.2) is 0 Å². The van der Waals surface area contributed by atoms with Crippen molar-refractivity contribution in [3.8, 4) is 0 Å². The van der Waals surface area contributed by atoms with Crippen LogP contribution < -0.4 is 0 Å². The van der Waals surface area contributed by atoms with Gasteiger partial charge in [-0.05, 0) is 11.5 Å². The molecule has 0 spiro atoms. The molecule has 0 aliphatic carbocycles. The molecule has 0 unspecified atom stereocenters. The van der Waals surface area contributed by atoms with Crippen LogP contribution in [0.1, 0.15) is 0 Å². The van der Waals surface area contributed by atoms with Crippen LogP contribution in [0.25, 0.3) is 0 Å². The predicted molar refractivity (Wildman–Crippen MR) is 29.4 cm³/mol. The Morgan fingerprint density at radius 3 is 3.00 bits per heavy atom. The predicted octanol–water partition coefficient (Wildman–Crippen LogP) is 0.900. The molecule has 0 atom stereocenters. The normalized spacial score (nSPS) is 8.57. The van der Waals surface area contributed by atoms with Crippen LogP contribution in [-0.4, -0.2) is 9.59 Å². The SMILES string of the molecule is S=Nc1csnn1. The van der Waals surface area contributed by atoms with Crippen molar-refractivity contribution in [2.24, 2.45) is 4.36 Å². The number of hydrogen-bond donors (Lipinski definition) is 0. The standard InChI is InChI=1S/C2HN3S2/c6-4-2-1-7-5-3-2/h1H. The highest BCUT2D eigenvalue weighted by Crippen LogP contribution is 2.05. The second kappa shape index (κ2) is 2.04. The molecule has 0 aliphatic rings. The van der Waals surface area contributed by atoms with E-state index in [-0.39, 0.29) is 0 Å². The number of hydrogen-bond acceptors (Lipinski definition) is 5. The van der Waals surface area contributed by atoms with Gasteiger partial charge in [0.2, 0.25) is 0 Å². The molecule has 7 heavy (non-hydrogen) atoms. The molecule has 1 rings (SSSR count). The summed E-state index contributed by atoms with van der Waals surface area (Å²) in [7, 11) is 0. The fraction of sp³-hybridized carbons (Fsp3) is 0. The summed E-state index contributed by atoms with van der Waals surface area (Å²) in [6, 6.07) is 0. The third kappa shape index (κ3) is 0.971. The molecule has 1 aromatic heterocycles. The smallest absolute Gasteiger partial charge is 0.158 e. The Hall–Kier alpha value is -0.420. The summed E-state index contributed by atoms with van der Waals surface area (Å²) in [6.07, 6.45) is 0. The molecule has 0 amide bonds. The molecular weight excluding hydrogens is 130 g/mol. The second-order valence-corrected chi connectivity index (χ2v) is 1.65. The van der Waals surface area contributed by atoms with Crippen LogP contribution in [0.5, 0.6) is 0 Å². The van der Waals surface area contributed by atoms with E-state index in [1.807, 2.05) is 0 Å². The molecule has 5 heteroatoms. The van der Waals surface area contributed by atoms with Gasteiger partial charge in [-0.1, -0.05) is 4.49 Å². The minimum Gasteiger partial charge on any atom is -0.158 e. The zero-order valence-corrected chi connectivity index (χ0v) is 4.87. The van der Waals surface area contributed by atoms with Gasteiger partial charge in [0.15, 0.2) is 5.82 Å². The van der Waals surface area contributed by atoms with Crippen molar-refractivity contribution in [1.82, 2.24) is 9.59 Å². The maximum atomic E-state index is 4.30. The fourth-order valence-corrected chi connectivity index (χ4v) is 0.727. The maximum absolute atomic E-state index is 4.30. The van der Waals surface area contributed by atoms with Crippen molar-refractivity contribution >= 4 is 29.8 Å². The Morgan fingerprint density at radius 1 is 1.86 bits per heavy atom. The molecule has 1 aromatic rings. The highest BCUT2D eigenvalue weighted by Gasteiger charge is 1.85. The van der Waals surface area contributed by atoms with E-state index < -0.39 is 0 Å². The third-order valence-electron chi connectivity index (χ3n) is 0.442. The van der Waals surface area contributed by atoms with Gasteiger partial charge in [-0.2, -0.15) is 4.36 Å². The molecule has 0 N–H and O–H groups in total. The van der Waals surface area contributed by atoms with E-state index in [0.717, 1.165) is 0 Å². The Kier molecular flexibility index (Phi) is 1.38. The van der Waals surface area contributed by atoms with Gasteiger partial charge >= 0.3 is 0 Å². The van der Waals surface area contributed by atoms with Crippen molar-refractivity contribution < 1.29 is 0 Å². The Labute approximate surface area is 49.7 Å². The number of aromatic nitrogens is 2. The third-order valence-corrected chi connectivity index (χ3v) is 1.12. The minimum absolute atomic E-state index is 0.528. The Bertz CT molecular complexity index is 146. The molecule has 0 aromatic carbocycles. The Morgan fingerprint density at radius 2 is 2.71 bits per heavy atom. The van der Waals surface area contributed by atoms with Crippen LogP contribution in [0.4, 0.5) is 5.82 Å². The first-order chi connectivity index (χ1) is 3.43. The molecule has 1 heterocycles. The summed E-state index contributed by atoms with van der Waals surface area (Å²) in [5.41, 5.74) is 0. The van der Waals surface area contributed by atoms with Gasteiger partial charge in [-0.3, -0.25) is 0 Å². The lowest BCUT2D eigenvalue weighted by molar-refractivity contribution is 1.15. The lowest BCUT2D eigenvalue weighted by Gasteiger charge is -1.64. The molecule has 0 bridgehead atoms. The average molecular weight is 131 g/mol. The first-order valence-corrected chi connectivity index (χ1v) is 2.74. The number of nitrogens with zero attached hydrogens (tertiary/aromatic N) is 3. The highest BCUT2D eigenvalue weighted by atomic mass is 32.1. The minimum atomic E-state index is 0.528. The van der Waals surface area contributed by atoms with E-state index in [1.54, 1.807) is 5.38 Å². The molecule has 36 valence electrons. The zero-order chi connectivity index (χ0) is 5.11.